The Hall–Kier alpha value is -0.940. The third kappa shape index (κ3) is 3.69. The van der Waals surface area contributed by atoms with E-state index in [1.807, 2.05) is 0 Å². The van der Waals surface area contributed by atoms with Crippen molar-refractivity contribution in [1.82, 2.24) is 4.90 Å². The number of hydrogen-bond acceptors (Lipinski definition) is 4. The zero-order valence-electron chi connectivity index (χ0n) is 13.4. The van der Waals surface area contributed by atoms with Crippen LogP contribution in [0.5, 0.6) is 0 Å². The molecule has 4 nitrogen and oxygen atoms in total. The van der Waals surface area contributed by atoms with Crippen LogP contribution in [0.3, 0.4) is 0 Å². The van der Waals surface area contributed by atoms with Gasteiger partial charge in [-0.05, 0) is 24.0 Å². The van der Waals surface area contributed by atoms with Crippen molar-refractivity contribution in [1.29, 1.82) is 0 Å². The highest BCUT2D eigenvalue weighted by Gasteiger charge is 2.37. The molecule has 1 aliphatic carbocycles. The Morgan fingerprint density at radius 3 is 2.95 bits per heavy atom. The van der Waals surface area contributed by atoms with E-state index in [4.69, 9.17) is 9.47 Å². The predicted octanol–water partition coefficient (Wildman–Crippen LogP) is 2.19. The van der Waals surface area contributed by atoms with Crippen LogP contribution in [0.15, 0.2) is 24.3 Å². The highest BCUT2D eigenvalue weighted by Crippen LogP contribution is 2.32. The zero-order chi connectivity index (χ0) is 15.4. The first kappa shape index (κ1) is 15.9. The second kappa shape index (κ2) is 7.55. The molecule has 0 radical (unpaired) electrons. The van der Waals surface area contributed by atoms with Gasteiger partial charge >= 0.3 is 0 Å². The molecular weight excluding hydrogens is 278 g/mol. The van der Waals surface area contributed by atoms with Crippen LogP contribution in [0.25, 0.3) is 0 Å². The number of rotatable bonds is 5. The molecule has 1 N–H and O–H groups in total. The number of ether oxygens (including phenoxy) is 2. The molecule has 2 aliphatic rings. The number of aliphatic hydroxyl groups excluding tert-OH is 1. The minimum Gasteiger partial charge on any atom is -0.393 e. The Kier molecular flexibility index (Phi) is 5.47. The summed E-state index contributed by atoms with van der Waals surface area (Å²) in [4.78, 5) is 2.49. The van der Waals surface area contributed by atoms with Gasteiger partial charge in [0.05, 0.1) is 25.9 Å². The van der Waals surface area contributed by atoms with Gasteiger partial charge in [0, 0.05) is 32.2 Å². The fourth-order valence-electron chi connectivity index (χ4n) is 3.88. The van der Waals surface area contributed by atoms with Gasteiger partial charge in [-0.1, -0.05) is 30.7 Å². The molecule has 1 aromatic rings. The third-order valence-corrected chi connectivity index (χ3v) is 4.99. The SMILES string of the molecule is COCc1cccc(CN2CCOCC2C2CCCC2O)c1. The second-order valence-corrected chi connectivity index (χ2v) is 6.53. The Morgan fingerprint density at radius 2 is 2.18 bits per heavy atom. The van der Waals surface area contributed by atoms with E-state index >= 15 is 0 Å². The minimum atomic E-state index is -0.158. The van der Waals surface area contributed by atoms with Crippen LogP contribution in [0, 0.1) is 5.92 Å². The zero-order valence-corrected chi connectivity index (χ0v) is 13.4. The van der Waals surface area contributed by atoms with Gasteiger partial charge in [0.25, 0.3) is 0 Å². The molecule has 3 rings (SSSR count). The van der Waals surface area contributed by atoms with Crippen LogP contribution in [0.1, 0.15) is 30.4 Å². The lowest BCUT2D eigenvalue weighted by Crippen LogP contribution is -2.50. The van der Waals surface area contributed by atoms with E-state index in [-0.39, 0.29) is 6.10 Å². The first-order valence-electron chi connectivity index (χ1n) is 8.34. The molecule has 1 heterocycles. The average molecular weight is 305 g/mol. The highest BCUT2D eigenvalue weighted by molar-refractivity contribution is 5.23. The topological polar surface area (TPSA) is 41.9 Å². The van der Waals surface area contributed by atoms with E-state index in [9.17, 15) is 5.11 Å². The number of benzene rings is 1. The van der Waals surface area contributed by atoms with Crippen molar-refractivity contribution >= 4 is 0 Å². The van der Waals surface area contributed by atoms with Gasteiger partial charge in [-0.25, -0.2) is 0 Å². The molecule has 1 saturated carbocycles. The van der Waals surface area contributed by atoms with Crippen molar-refractivity contribution in [3.63, 3.8) is 0 Å². The lowest BCUT2D eigenvalue weighted by molar-refractivity contribution is -0.0536. The van der Waals surface area contributed by atoms with Gasteiger partial charge in [0.2, 0.25) is 0 Å². The maximum Gasteiger partial charge on any atom is 0.0713 e. The summed E-state index contributed by atoms with van der Waals surface area (Å²) in [6, 6.07) is 8.95. The van der Waals surface area contributed by atoms with Gasteiger partial charge in [-0.3, -0.25) is 4.90 Å². The summed E-state index contributed by atoms with van der Waals surface area (Å²) in [7, 11) is 1.73. The summed E-state index contributed by atoms with van der Waals surface area (Å²) < 4.78 is 10.9. The Bertz CT molecular complexity index is 479. The van der Waals surface area contributed by atoms with Gasteiger partial charge < -0.3 is 14.6 Å². The average Bonchev–Trinajstić information content (AvgIpc) is 2.95. The van der Waals surface area contributed by atoms with Crippen LogP contribution in [0.2, 0.25) is 0 Å². The predicted molar refractivity (Wildman–Crippen MR) is 85.5 cm³/mol. The third-order valence-electron chi connectivity index (χ3n) is 4.99. The molecule has 3 unspecified atom stereocenters. The molecule has 0 bridgehead atoms. The summed E-state index contributed by atoms with van der Waals surface area (Å²) in [5, 5.41) is 10.2. The standard InChI is InChI=1S/C18H27NO3/c1-21-12-15-5-2-4-14(10-15)11-19-8-9-22-13-17(19)16-6-3-7-18(16)20/h2,4-5,10,16-18,20H,3,6-9,11-13H2,1H3. The van der Waals surface area contributed by atoms with Crippen molar-refractivity contribution in [2.45, 2.75) is 44.6 Å². The Balaban J connectivity index is 1.69. The van der Waals surface area contributed by atoms with Crippen LogP contribution >= 0.6 is 0 Å². The molecule has 1 aromatic carbocycles. The second-order valence-electron chi connectivity index (χ2n) is 6.53. The first-order valence-corrected chi connectivity index (χ1v) is 8.34. The fraction of sp³-hybridized carbons (Fsp3) is 0.667. The monoisotopic (exact) mass is 305 g/mol. The summed E-state index contributed by atoms with van der Waals surface area (Å²) in [6.07, 6.45) is 3.04. The number of aliphatic hydroxyl groups is 1. The highest BCUT2D eigenvalue weighted by atomic mass is 16.5. The smallest absolute Gasteiger partial charge is 0.0713 e. The normalized spacial score (nSPS) is 29.8. The molecule has 1 aliphatic heterocycles. The molecule has 22 heavy (non-hydrogen) atoms. The fourth-order valence-corrected chi connectivity index (χ4v) is 3.88. The van der Waals surface area contributed by atoms with Crippen LogP contribution < -0.4 is 0 Å². The van der Waals surface area contributed by atoms with E-state index in [1.54, 1.807) is 7.11 Å². The molecular formula is C18H27NO3. The number of nitrogens with zero attached hydrogens (tertiary/aromatic N) is 1. The summed E-state index contributed by atoms with van der Waals surface area (Å²) in [5.41, 5.74) is 2.53. The molecule has 0 spiro atoms. The first-order chi connectivity index (χ1) is 10.8. The van der Waals surface area contributed by atoms with Crippen molar-refractivity contribution < 1.29 is 14.6 Å². The summed E-state index contributed by atoms with van der Waals surface area (Å²) >= 11 is 0. The van der Waals surface area contributed by atoms with E-state index < -0.39 is 0 Å². The molecule has 122 valence electrons. The van der Waals surface area contributed by atoms with E-state index in [1.165, 1.54) is 11.1 Å². The van der Waals surface area contributed by atoms with Crippen molar-refractivity contribution in [3.05, 3.63) is 35.4 Å². The Labute approximate surface area is 133 Å². The van der Waals surface area contributed by atoms with Crippen LogP contribution in [-0.4, -0.2) is 49.0 Å². The van der Waals surface area contributed by atoms with Gasteiger partial charge in [0.15, 0.2) is 0 Å². The number of morpholine rings is 1. The quantitative estimate of drug-likeness (QED) is 0.905. The van der Waals surface area contributed by atoms with Gasteiger partial charge in [-0.2, -0.15) is 0 Å². The summed E-state index contributed by atoms with van der Waals surface area (Å²) in [5.74, 6) is 0.363. The molecule has 0 amide bonds. The maximum atomic E-state index is 10.2. The van der Waals surface area contributed by atoms with E-state index in [2.05, 4.69) is 29.2 Å². The van der Waals surface area contributed by atoms with Crippen molar-refractivity contribution in [2.75, 3.05) is 26.9 Å². The lowest BCUT2D eigenvalue weighted by atomic mass is 9.94. The number of hydrogen-bond donors (Lipinski definition) is 1. The van der Waals surface area contributed by atoms with Crippen molar-refractivity contribution in [3.8, 4) is 0 Å². The maximum absolute atomic E-state index is 10.2. The molecule has 1 saturated heterocycles. The molecule has 4 heteroatoms. The summed E-state index contributed by atoms with van der Waals surface area (Å²) in [6.45, 7) is 4.06. The Morgan fingerprint density at radius 1 is 1.32 bits per heavy atom. The van der Waals surface area contributed by atoms with E-state index in [0.29, 0.717) is 18.6 Å². The van der Waals surface area contributed by atoms with Crippen LogP contribution in [0.4, 0.5) is 0 Å². The van der Waals surface area contributed by atoms with Crippen molar-refractivity contribution in [2.24, 2.45) is 5.92 Å². The van der Waals surface area contributed by atoms with Gasteiger partial charge in [-0.15, -0.1) is 0 Å². The number of methoxy groups -OCH3 is 1. The molecule has 0 aromatic heterocycles. The molecule has 3 atom stereocenters. The van der Waals surface area contributed by atoms with E-state index in [0.717, 1.165) is 45.6 Å². The largest absolute Gasteiger partial charge is 0.393 e. The molecule has 2 fully saturated rings. The van der Waals surface area contributed by atoms with Gasteiger partial charge in [0.1, 0.15) is 0 Å². The minimum absolute atomic E-state index is 0.158. The van der Waals surface area contributed by atoms with Crippen LogP contribution in [-0.2, 0) is 22.6 Å². The lowest BCUT2D eigenvalue weighted by Gasteiger charge is -2.40.